The zero-order chi connectivity index (χ0) is 20.7. The molecule has 1 amide bonds. The molecule has 0 spiro atoms. The molecule has 4 rings (SSSR count). The number of benzene rings is 4. The summed E-state index contributed by atoms with van der Waals surface area (Å²) in [5, 5.41) is 6.90. The zero-order valence-electron chi connectivity index (χ0n) is 17.7. The normalized spacial score (nSPS) is 10.9. The fraction of sp³-hybridized carbons (Fsp3) is 0.0741. The molecule has 0 fully saturated rings. The van der Waals surface area contributed by atoms with E-state index in [4.69, 9.17) is 0 Å². The molecule has 4 aromatic rings. The third-order valence-electron chi connectivity index (χ3n) is 5.56. The molecule has 0 bridgehead atoms. The standard InChI is InChI=1S/C27H26NOP.2ClH/c29-27(28-21-23-13-5-1-6-14-23)22-30(24-15-7-2-8-16-24,25-17-9-3-10-18-25)26-19-11-4-12-20-26;;/h1-20,30H,21-22H2,(H,28,29);2*1H. The molecule has 0 unspecified atom stereocenters. The Bertz CT molecular complexity index is 981. The van der Waals surface area contributed by atoms with Gasteiger partial charge in [0.05, 0.1) is 0 Å². The summed E-state index contributed by atoms with van der Waals surface area (Å²) in [4.78, 5) is 13.3. The third-order valence-corrected chi connectivity index (χ3v) is 10.4. The van der Waals surface area contributed by atoms with Crippen molar-refractivity contribution in [1.29, 1.82) is 0 Å². The predicted molar refractivity (Wildman–Crippen MR) is 144 cm³/mol. The second-order valence-electron chi connectivity index (χ2n) is 7.44. The van der Waals surface area contributed by atoms with E-state index in [0.717, 1.165) is 5.56 Å². The van der Waals surface area contributed by atoms with E-state index < -0.39 is 7.26 Å². The van der Waals surface area contributed by atoms with Crippen LogP contribution in [0, 0.1) is 0 Å². The van der Waals surface area contributed by atoms with Crippen molar-refractivity contribution in [2.75, 3.05) is 6.16 Å². The summed E-state index contributed by atoms with van der Waals surface area (Å²) in [7, 11) is -2.54. The van der Waals surface area contributed by atoms with Gasteiger partial charge in [0, 0.05) is 0 Å². The van der Waals surface area contributed by atoms with Crippen LogP contribution in [0.15, 0.2) is 121 Å². The number of amides is 1. The van der Waals surface area contributed by atoms with E-state index in [9.17, 15) is 4.79 Å². The Morgan fingerprint density at radius 1 is 0.562 bits per heavy atom. The predicted octanol–water partition coefficient (Wildman–Crippen LogP) is 4.87. The summed E-state index contributed by atoms with van der Waals surface area (Å²) in [5.74, 6) is 0.0853. The van der Waals surface area contributed by atoms with Crippen LogP contribution >= 0.6 is 32.1 Å². The quantitative estimate of drug-likeness (QED) is 0.373. The maximum atomic E-state index is 13.3. The minimum absolute atomic E-state index is 0. The Kier molecular flexibility index (Phi) is 9.94. The summed E-state index contributed by atoms with van der Waals surface area (Å²) < 4.78 is 0. The van der Waals surface area contributed by atoms with Crippen LogP contribution in [0.4, 0.5) is 0 Å². The number of hydrogen-bond acceptors (Lipinski definition) is 1. The Labute approximate surface area is 203 Å². The molecule has 166 valence electrons. The Morgan fingerprint density at radius 3 is 1.28 bits per heavy atom. The number of carbonyl (C=O) groups excluding carboxylic acids is 1. The molecule has 1 N–H and O–H groups in total. The first-order chi connectivity index (χ1) is 14.8. The Morgan fingerprint density at radius 2 is 0.906 bits per heavy atom. The molecule has 0 heterocycles. The van der Waals surface area contributed by atoms with Gasteiger partial charge in [-0.1, -0.05) is 0 Å². The molecule has 0 aliphatic heterocycles. The number of rotatable bonds is 7. The second-order valence-corrected chi connectivity index (χ2v) is 11.3. The molecule has 0 aliphatic rings. The molecule has 0 aromatic heterocycles. The molecule has 0 saturated heterocycles. The van der Waals surface area contributed by atoms with Gasteiger partial charge in [-0.25, -0.2) is 0 Å². The van der Waals surface area contributed by atoms with Crippen LogP contribution < -0.4 is 21.2 Å². The van der Waals surface area contributed by atoms with Crippen molar-refractivity contribution >= 4 is 53.9 Å². The molecule has 0 atom stereocenters. The van der Waals surface area contributed by atoms with Crippen LogP contribution in [0.2, 0.25) is 0 Å². The summed E-state index contributed by atoms with van der Waals surface area (Å²) >= 11 is 0. The van der Waals surface area contributed by atoms with Crippen molar-refractivity contribution in [1.82, 2.24) is 5.32 Å². The number of halogens is 2. The van der Waals surface area contributed by atoms with Crippen molar-refractivity contribution in [3.8, 4) is 0 Å². The summed E-state index contributed by atoms with van der Waals surface area (Å²) in [5.41, 5.74) is 1.11. The van der Waals surface area contributed by atoms with Crippen LogP contribution in [0.1, 0.15) is 5.56 Å². The van der Waals surface area contributed by atoms with Gasteiger partial charge in [-0.3, -0.25) is 0 Å². The first kappa shape index (κ1) is 25.6. The van der Waals surface area contributed by atoms with Gasteiger partial charge < -0.3 is 0 Å². The van der Waals surface area contributed by atoms with Gasteiger partial charge >= 0.3 is 179 Å². The molecule has 0 saturated carbocycles. The van der Waals surface area contributed by atoms with Gasteiger partial charge in [0.25, 0.3) is 0 Å². The van der Waals surface area contributed by atoms with Crippen molar-refractivity contribution < 1.29 is 4.79 Å². The molecule has 4 aromatic carbocycles. The van der Waals surface area contributed by atoms with E-state index in [1.54, 1.807) is 0 Å². The summed E-state index contributed by atoms with van der Waals surface area (Å²) in [6, 6.07) is 41.7. The van der Waals surface area contributed by atoms with Crippen LogP contribution in [0.3, 0.4) is 0 Å². The Hall–Kier alpha value is -2.64. The van der Waals surface area contributed by atoms with Crippen LogP contribution in [-0.4, -0.2) is 12.1 Å². The average Bonchev–Trinajstić information content (AvgIpc) is 2.83. The molecule has 32 heavy (non-hydrogen) atoms. The van der Waals surface area contributed by atoms with Gasteiger partial charge in [0.1, 0.15) is 0 Å². The van der Waals surface area contributed by atoms with E-state index in [1.807, 2.05) is 48.5 Å². The van der Waals surface area contributed by atoms with E-state index in [0.29, 0.717) is 12.7 Å². The molecule has 0 aliphatic carbocycles. The van der Waals surface area contributed by atoms with Crippen molar-refractivity contribution in [3.05, 3.63) is 127 Å². The van der Waals surface area contributed by atoms with Gasteiger partial charge in [-0.15, -0.1) is 24.8 Å². The van der Waals surface area contributed by atoms with Crippen LogP contribution in [0.5, 0.6) is 0 Å². The van der Waals surface area contributed by atoms with Crippen LogP contribution in [-0.2, 0) is 11.3 Å². The van der Waals surface area contributed by atoms with Gasteiger partial charge in [0.2, 0.25) is 0 Å². The van der Waals surface area contributed by atoms with Crippen molar-refractivity contribution in [2.24, 2.45) is 0 Å². The van der Waals surface area contributed by atoms with E-state index in [-0.39, 0.29) is 30.7 Å². The first-order valence-electron chi connectivity index (χ1n) is 10.3. The molecule has 0 radical (unpaired) electrons. The van der Waals surface area contributed by atoms with Crippen molar-refractivity contribution in [2.45, 2.75) is 6.54 Å². The van der Waals surface area contributed by atoms with Crippen LogP contribution in [0.25, 0.3) is 0 Å². The topological polar surface area (TPSA) is 29.1 Å². The molecular weight excluding hydrogens is 456 g/mol. The van der Waals surface area contributed by atoms with Crippen molar-refractivity contribution in [3.63, 3.8) is 0 Å². The van der Waals surface area contributed by atoms with Gasteiger partial charge in [0.15, 0.2) is 0 Å². The average molecular weight is 484 g/mol. The third kappa shape index (κ3) is 5.78. The Balaban J connectivity index is 0.00000181. The fourth-order valence-corrected chi connectivity index (χ4v) is 8.58. The van der Waals surface area contributed by atoms with Gasteiger partial charge in [-0.2, -0.15) is 0 Å². The number of hydrogen-bond donors (Lipinski definition) is 1. The van der Waals surface area contributed by atoms with Gasteiger partial charge in [-0.05, 0) is 0 Å². The molecular formula is C27H28Cl2NOP. The minimum atomic E-state index is -2.54. The van der Waals surface area contributed by atoms with E-state index >= 15 is 0 Å². The van der Waals surface area contributed by atoms with E-state index in [1.165, 1.54) is 15.9 Å². The number of nitrogens with one attached hydrogen (secondary N) is 1. The first-order valence-corrected chi connectivity index (χ1v) is 12.5. The summed E-state index contributed by atoms with van der Waals surface area (Å²) in [6.45, 7) is 0.544. The monoisotopic (exact) mass is 483 g/mol. The molecule has 2 nitrogen and oxygen atoms in total. The SMILES string of the molecule is Cl.Cl.O=C(C[PH](c1ccccc1)(c1ccccc1)c1ccccc1)NCc1ccccc1. The summed E-state index contributed by atoms with van der Waals surface area (Å²) in [6.07, 6.45) is 0.470. The fourth-order valence-electron chi connectivity index (χ4n) is 4.07. The zero-order valence-corrected chi connectivity index (χ0v) is 20.3. The molecule has 5 heteroatoms. The maximum absolute atomic E-state index is 13.3. The van der Waals surface area contributed by atoms with E-state index in [2.05, 4.69) is 78.1 Å². The second kappa shape index (κ2) is 12.4. The number of carbonyl (C=O) groups is 1.